The van der Waals surface area contributed by atoms with Crippen molar-refractivity contribution < 1.29 is 0 Å². The molecule has 1 aliphatic rings. The molecule has 3 aromatic rings. The normalized spacial score (nSPS) is 11.8. The van der Waals surface area contributed by atoms with Crippen LogP contribution in [0.25, 0.3) is 33.2 Å². The summed E-state index contributed by atoms with van der Waals surface area (Å²) in [5.74, 6) is 0. The van der Waals surface area contributed by atoms with Crippen LogP contribution in [0, 0.1) is 6.20 Å². The Kier molecular flexibility index (Phi) is 1.33. The zero-order valence-electron chi connectivity index (χ0n) is 8.44. The average molecular weight is 203 g/mol. The molecule has 0 atom stereocenters. The van der Waals surface area contributed by atoms with Crippen LogP contribution >= 0.6 is 0 Å². The number of hydrogen-bond acceptors (Lipinski definition) is 2. The molecule has 2 heteroatoms. The van der Waals surface area contributed by atoms with Crippen molar-refractivity contribution in [3.63, 3.8) is 0 Å². The molecule has 16 heavy (non-hydrogen) atoms. The quantitative estimate of drug-likeness (QED) is 0.439. The minimum Gasteiger partial charge on any atom is -0.149 e. The SMILES string of the molecule is [c]1nnc2c3c(cccc13)-c1ccccc1-2. The van der Waals surface area contributed by atoms with Gasteiger partial charge in [0.05, 0.1) is 0 Å². The molecule has 0 saturated carbocycles. The minimum absolute atomic E-state index is 0.986. The van der Waals surface area contributed by atoms with Crippen molar-refractivity contribution in [3.05, 3.63) is 48.7 Å². The van der Waals surface area contributed by atoms with Gasteiger partial charge in [-0.3, -0.25) is 0 Å². The largest absolute Gasteiger partial charge is 0.149 e. The number of hydrogen-bond donors (Lipinski definition) is 0. The number of benzene rings is 2. The van der Waals surface area contributed by atoms with E-state index in [9.17, 15) is 0 Å². The fourth-order valence-electron chi connectivity index (χ4n) is 2.42. The van der Waals surface area contributed by atoms with Gasteiger partial charge in [-0.2, -0.15) is 0 Å². The Morgan fingerprint density at radius 3 is 2.56 bits per heavy atom. The van der Waals surface area contributed by atoms with Crippen LogP contribution in [0.15, 0.2) is 42.5 Å². The molecule has 73 valence electrons. The van der Waals surface area contributed by atoms with Gasteiger partial charge in [0.2, 0.25) is 0 Å². The van der Waals surface area contributed by atoms with Crippen LogP contribution in [0.2, 0.25) is 0 Å². The van der Waals surface area contributed by atoms with E-state index in [2.05, 4.69) is 40.7 Å². The highest BCUT2D eigenvalue weighted by molar-refractivity contribution is 6.13. The van der Waals surface area contributed by atoms with Crippen molar-refractivity contribution in [2.75, 3.05) is 0 Å². The molecule has 0 unspecified atom stereocenters. The zero-order valence-corrected chi connectivity index (χ0v) is 8.44. The lowest BCUT2D eigenvalue weighted by Crippen LogP contribution is -1.85. The first kappa shape index (κ1) is 7.99. The molecule has 1 heterocycles. The molecule has 0 aliphatic heterocycles. The Labute approximate surface area is 92.6 Å². The Morgan fingerprint density at radius 1 is 0.812 bits per heavy atom. The lowest BCUT2D eigenvalue weighted by Gasteiger charge is -1.98. The standard InChI is InChI=1S/C14H7N2/c1-2-6-12-10(5-1)11-7-3-4-9-8-15-16-14(12)13(9)11/h1-7H. The summed E-state index contributed by atoms with van der Waals surface area (Å²) in [6.07, 6.45) is 2.95. The van der Waals surface area contributed by atoms with Gasteiger partial charge < -0.3 is 0 Å². The second-order valence-electron chi connectivity index (χ2n) is 3.93. The summed E-state index contributed by atoms with van der Waals surface area (Å²) in [4.78, 5) is 0. The summed E-state index contributed by atoms with van der Waals surface area (Å²) >= 11 is 0. The van der Waals surface area contributed by atoms with Gasteiger partial charge in [-0.15, -0.1) is 10.2 Å². The maximum atomic E-state index is 4.21. The molecule has 0 bridgehead atoms. The zero-order chi connectivity index (χ0) is 10.5. The molecule has 2 nitrogen and oxygen atoms in total. The van der Waals surface area contributed by atoms with Crippen molar-refractivity contribution in [2.45, 2.75) is 0 Å². The lowest BCUT2D eigenvalue weighted by atomic mass is 10.1. The molecular weight excluding hydrogens is 196 g/mol. The number of fused-ring (bicyclic) bond motifs is 3. The van der Waals surface area contributed by atoms with Gasteiger partial charge in [-0.1, -0.05) is 42.5 Å². The summed E-state index contributed by atoms with van der Waals surface area (Å²) in [7, 11) is 0. The van der Waals surface area contributed by atoms with Crippen molar-refractivity contribution in [2.24, 2.45) is 0 Å². The van der Waals surface area contributed by atoms with E-state index in [1.165, 1.54) is 22.1 Å². The molecule has 0 spiro atoms. The van der Waals surface area contributed by atoms with E-state index in [-0.39, 0.29) is 0 Å². The Bertz CT molecular complexity index is 659. The molecule has 0 fully saturated rings. The van der Waals surface area contributed by atoms with Gasteiger partial charge in [-0.05, 0) is 11.1 Å². The van der Waals surface area contributed by atoms with Gasteiger partial charge in [0.15, 0.2) is 0 Å². The predicted molar refractivity (Wildman–Crippen MR) is 62.8 cm³/mol. The van der Waals surface area contributed by atoms with E-state index in [4.69, 9.17) is 0 Å². The highest BCUT2D eigenvalue weighted by atomic mass is 15.1. The summed E-state index contributed by atoms with van der Waals surface area (Å²) in [5, 5.41) is 10.4. The van der Waals surface area contributed by atoms with Crippen molar-refractivity contribution >= 4 is 10.8 Å². The van der Waals surface area contributed by atoms with Crippen LogP contribution < -0.4 is 0 Å². The molecule has 0 saturated heterocycles. The van der Waals surface area contributed by atoms with Crippen molar-refractivity contribution in [3.8, 4) is 22.4 Å². The van der Waals surface area contributed by atoms with Gasteiger partial charge in [0, 0.05) is 16.3 Å². The van der Waals surface area contributed by atoms with Crippen molar-refractivity contribution in [1.82, 2.24) is 10.2 Å². The third-order valence-corrected chi connectivity index (χ3v) is 3.09. The molecule has 2 aromatic carbocycles. The number of aromatic nitrogens is 2. The summed E-state index contributed by atoms with van der Waals surface area (Å²) < 4.78 is 0. The van der Waals surface area contributed by atoms with Crippen LogP contribution in [0.3, 0.4) is 0 Å². The van der Waals surface area contributed by atoms with Crippen LogP contribution in [0.1, 0.15) is 0 Å². The fourth-order valence-corrected chi connectivity index (χ4v) is 2.42. The molecule has 0 amide bonds. The molecule has 4 rings (SSSR count). The minimum atomic E-state index is 0.986. The van der Waals surface area contributed by atoms with Gasteiger partial charge in [-0.25, -0.2) is 0 Å². The van der Waals surface area contributed by atoms with Gasteiger partial charge in [0.25, 0.3) is 0 Å². The van der Waals surface area contributed by atoms with E-state index < -0.39 is 0 Å². The third kappa shape index (κ3) is 0.823. The topological polar surface area (TPSA) is 25.8 Å². The van der Waals surface area contributed by atoms with E-state index in [0.29, 0.717) is 0 Å². The van der Waals surface area contributed by atoms with Crippen LogP contribution in [0.4, 0.5) is 0 Å². The Morgan fingerprint density at radius 2 is 1.62 bits per heavy atom. The van der Waals surface area contributed by atoms with Crippen LogP contribution in [-0.4, -0.2) is 10.2 Å². The molecule has 1 aliphatic carbocycles. The monoisotopic (exact) mass is 203 g/mol. The second kappa shape index (κ2) is 2.67. The average Bonchev–Trinajstić information content (AvgIpc) is 2.68. The van der Waals surface area contributed by atoms with Crippen LogP contribution in [-0.2, 0) is 0 Å². The summed E-state index contributed by atoms with van der Waals surface area (Å²) in [6.45, 7) is 0. The number of rotatable bonds is 0. The van der Waals surface area contributed by atoms with Crippen LogP contribution in [0.5, 0.6) is 0 Å². The first-order valence-corrected chi connectivity index (χ1v) is 5.22. The molecular formula is C14H7N2. The maximum Gasteiger partial charge on any atom is 0.122 e. The highest BCUT2D eigenvalue weighted by Crippen LogP contribution is 2.44. The number of nitrogens with zero attached hydrogens (tertiary/aromatic N) is 2. The predicted octanol–water partition coefficient (Wildman–Crippen LogP) is 3.08. The summed E-state index contributed by atoms with van der Waals surface area (Å²) in [6, 6.07) is 14.5. The fraction of sp³-hybridized carbons (Fsp3) is 0. The van der Waals surface area contributed by atoms with Gasteiger partial charge >= 0.3 is 0 Å². The van der Waals surface area contributed by atoms with E-state index in [1.54, 1.807) is 0 Å². The maximum absolute atomic E-state index is 4.21. The van der Waals surface area contributed by atoms with Gasteiger partial charge in [0.1, 0.15) is 11.9 Å². The second-order valence-corrected chi connectivity index (χ2v) is 3.93. The van der Waals surface area contributed by atoms with Crippen molar-refractivity contribution in [1.29, 1.82) is 0 Å². The molecule has 1 radical (unpaired) electrons. The highest BCUT2D eigenvalue weighted by Gasteiger charge is 2.21. The van der Waals surface area contributed by atoms with E-state index in [0.717, 1.165) is 11.1 Å². The van der Waals surface area contributed by atoms with E-state index >= 15 is 0 Å². The molecule has 0 N–H and O–H groups in total. The van der Waals surface area contributed by atoms with E-state index in [1.807, 2.05) is 18.2 Å². The molecule has 1 aromatic heterocycles. The third-order valence-electron chi connectivity index (χ3n) is 3.09. The Hall–Kier alpha value is -2.22. The Balaban J connectivity index is 2.31. The summed E-state index contributed by atoms with van der Waals surface area (Å²) in [5.41, 5.74) is 4.65. The lowest BCUT2D eigenvalue weighted by molar-refractivity contribution is 1.05. The first-order valence-electron chi connectivity index (χ1n) is 5.22. The first-order chi connectivity index (χ1) is 7.95. The smallest absolute Gasteiger partial charge is 0.122 e.